The van der Waals surface area contributed by atoms with Crippen LogP contribution in [0.15, 0.2) is 39.1 Å². The molecule has 0 aliphatic carbocycles. The molecule has 6 N–H and O–H groups in total. The number of thioether (sulfide) groups is 1. The highest BCUT2D eigenvalue weighted by Gasteiger charge is 1.94. The molecular weight excluding hydrogens is 234 g/mol. The second kappa shape index (κ2) is 6.80. The van der Waals surface area contributed by atoms with E-state index < -0.39 is 0 Å². The predicted molar refractivity (Wildman–Crippen MR) is 74.2 cm³/mol. The monoisotopic (exact) mass is 251 g/mol. The Kier molecular flexibility index (Phi) is 5.35. The molecule has 92 valence electrons. The van der Waals surface area contributed by atoms with Crippen molar-refractivity contribution in [2.45, 2.75) is 11.3 Å². The van der Waals surface area contributed by atoms with Crippen molar-refractivity contribution in [3.8, 4) is 0 Å². The van der Waals surface area contributed by atoms with E-state index in [-0.39, 0.29) is 11.9 Å². The minimum absolute atomic E-state index is 0.0735. The van der Waals surface area contributed by atoms with Crippen molar-refractivity contribution >= 4 is 23.7 Å². The Morgan fingerprint density at radius 1 is 1.18 bits per heavy atom. The van der Waals surface area contributed by atoms with E-state index in [1.165, 1.54) is 10.5 Å². The SMILES string of the molecule is CSc1ccc(CCN=C(N)N=C(N)N)cc1. The van der Waals surface area contributed by atoms with Gasteiger partial charge in [0.2, 0.25) is 5.96 Å². The van der Waals surface area contributed by atoms with Crippen LogP contribution in [-0.2, 0) is 6.42 Å². The number of hydrogen-bond acceptors (Lipinski definition) is 2. The van der Waals surface area contributed by atoms with E-state index in [9.17, 15) is 0 Å². The van der Waals surface area contributed by atoms with Gasteiger partial charge in [-0.05, 0) is 30.4 Å². The van der Waals surface area contributed by atoms with Gasteiger partial charge in [-0.25, -0.2) is 0 Å². The van der Waals surface area contributed by atoms with Gasteiger partial charge in [-0.1, -0.05) is 12.1 Å². The Morgan fingerprint density at radius 2 is 1.82 bits per heavy atom. The smallest absolute Gasteiger partial charge is 0.218 e. The predicted octanol–water partition coefficient (Wildman–Crippen LogP) is 0.539. The maximum Gasteiger partial charge on any atom is 0.218 e. The van der Waals surface area contributed by atoms with Gasteiger partial charge in [-0.3, -0.25) is 4.99 Å². The highest BCUT2D eigenvalue weighted by molar-refractivity contribution is 7.98. The highest BCUT2D eigenvalue weighted by Crippen LogP contribution is 2.14. The molecule has 0 bridgehead atoms. The molecule has 0 atom stereocenters. The molecule has 0 aliphatic heterocycles. The fourth-order valence-electron chi connectivity index (χ4n) is 1.26. The third-order valence-corrected chi connectivity index (χ3v) is 2.82. The summed E-state index contributed by atoms with van der Waals surface area (Å²) in [4.78, 5) is 8.92. The Morgan fingerprint density at radius 3 is 2.35 bits per heavy atom. The van der Waals surface area contributed by atoms with Crippen molar-refractivity contribution in [1.29, 1.82) is 0 Å². The van der Waals surface area contributed by atoms with Gasteiger partial charge in [0.05, 0.1) is 0 Å². The van der Waals surface area contributed by atoms with Crippen LogP contribution >= 0.6 is 11.8 Å². The molecule has 1 aromatic carbocycles. The van der Waals surface area contributed by atoms with E-state index in [1.54, 1.807) is 11.8 Å². The van der Waals surface area contributed by atoms with Crippen LogP contribution in [-0.4, -0.2) is 24.7 Å². The van der Waals surface area contributed by atoms with Crippen molar-refractivity contribution in [2.75, 3.05) is 12.8 Å². The van der Waals surface area contributed by atoms with Gasteiger partial charge in [-0.2, -0.15) is 4.99 Å². The topological polar surface area (TPSA) is 103 Å². The molecule has 0 amide bonds. The van der Waals surface area contributed by atoms with Gasteiger partial charge in [0.15, 0.2) is 5.96 Å². The summed E-state index contributed by atoms with van der Waals surface area (Å²) >= 11 is 1.72. The lowest BCUT2D eigenvalue weighted by Crippen LogP contribution is -2.26. The number of rotatable bonds is 4. The zero-order valence-electron chi connectivity index (χ0n) is 9.76. The lowest BCUT2D eigenvalue weighted by molar-refractivity contribution is 0.960. The maximum atomic E-state index is 5.48. The molecular formula is C11H17N5S. The van der Waals surface area contributed by atoms with Crippen molar-refractivity contribution in [3.63, 3.8) is 0 Å². The van der Waals surface area contributed by atoms with Crippen LogP contribution in [0.5, 0.6) is 0 Å². The molecule has 17 heavy (non-hydrogen) atoms. The van der Waals surface area contributed by atoms with E-state index in [1.807, 2.05) is 0 Å². The second-order valence-electron chi connectivity index (χ2n) is 3.37. The molecule has 5 nitrogen and oxygen atoms in total. The van der Waals surface area contributed by atoms with Crippen LogP contribution in [0.4, 0.5) is 0 Å². The summed E-state index contributed by atoms with van der Waals surface area (Å²) in [6.45, 7) is 0.571. The first-order valence-electron chi connectivity index (χ1n) is 5.14. The molecule has 0 radical (unpaired) electrons. The molecule has 1 rings (SSSR count). The molecule has 6 heteroatoms. The summed E-state index contributed by atoms with van der Waals surface area (Å²) in [5.41, 5.74) is 17.0. The number of nitrogens with zero attached hydrogens (tertiary/aromatic N) is 2. The first kappa shape index (κ1) is 13.4. The number of aliphatic imine (C=N–C) groups is 2. The number of benzene rings is 1. The van der Waals surface area contributed by atoms with E-state index in [2.05, 4.69) is 40.5 Å². The standard InChI is InChI=1S/C11H17N5S/c1-17-9-4-2-8(3-5-9)6-7-15-11(14)16-10(12)13/h2-5H,6-7H2,1H3,(H6,12,13,14,15,16). The van der Waals surface area contributed by atoms with Crippen molar-refractivity contribution < 1.29 is 0 Å². The largest absolute Gasteiger partial charge is 0.370 e. The normalized spacial score (nSPS) is 11.2. The molecule has 0 spiro atoms. The van der Waals surface area contributed by atoms with Gasteiger partial charge < -0.3 is 17.2 Å². The summed E-state index contributed by atoms with van der Waals surface area (Å²) in [5, 5.41) is 0. The van der Waals surface area contributed by atoms with Crippen LogP contribution in [0.2, 0.25) is 0 Å². The minimum Gasteiger partial charge on any atom is -0.370 e. The lowest BCUT2D eigenvalue weighted by atomic mass is 10.1. The first-order chi connectivity index (χ1) is 8.11. The Labute approximate surface area is 105 Å². The molecule has 0 aromatic heterocycles. The third-order valence-electron chi connectivity index (χ3n) is 2.08. The van der Waals surface area contributed by atoms with E-state index >= 15 is 0 Å². The maximum absolute atomic E-state index is 5.48. The molecule has 0 saturated heterocycles. The summed E-state index contributed by atoms with van der Waals surface area (Å²) < 4.78 is 0. The van der Waals surface area contributed by atoms with Crippen LogP contribution in [0.25, 0.3) is 0 Å². The number of hydrogen-bond donors (Lipinski definition) is 3. The van der Waals surface area contributed by atoms with E-state index in [0.29, 0.717) is 6.54 Å². The Bertz CT molecular complexity index is 406. The minimum atomic E-state index is -0.0735. The van der Waals surface area contributed by atoms with Crippen molar-refractivity contribution in [1.82, 2.24) is 0 Å². The molecule has 1 aromatic rings. The molecule has 0 unspecified atom stereocenters. The van der Waals surface area contributed by atoms with Crippen LogP contribution in [0.1, 0.15) is 5.56 Å². The van der Waals surface area contributed by atoms with Crippen LogP contribution < -0.4 is 17.2 Å². The van der Waals surface area contributed by atoms with Crippen LogP contribution in [0.3, 0.4) is 0 Å². The fraction of sp³-hybridized carbons (Fsp3) is 0.273. The van der Waals surface area contributed by atoms with Gasteiger partial charge >= 0.3 is 0 Å². The van der Waals surface area contributed by atoms with Gasteiger partial charge in [-0.15, -0.1) is 11.8 Å². The Hall–Kier alpha value is -1.69. The number of guanidine groups is 2. The van der Waals surface area contributed by atoms with Crippen molar-refractivity contribution in [3.05, 3.63) is 29.8 Å². The average molecular weight is 251 g/mol. The second-order valence-corrected chi connectivity index (χ2v) is 4.25. The quantitative estimate of drug-likeness (QED) is 0.413. The van der Waals surface area contributed by atoms with Crippen molar-refractivity contribution in [2.24, 2.45) is 27.2 Å². The third kappa shape index (κ3) is 5.26. The molecule has 0 saturated carbocycles. The van der Waals surface area contributed by atoms with Crippen LogP contribution in [0, 0.1) is 0 Å². The average Bonchev–Trinajstić information content (AvgIpc) is 2.29. The summed E-state index contributed by atoms with van der Waals surface area (Å²) in [6, 6.07) is 8.34. The van der Waals surface area contributed by atoms with E-state index in [4.69, 9.17) is 17.2 Å². The highest BCUT2D eigenvalue weighted by atomic mass is 32.2. The molecule has 0 fully saturated rings. The van der Waals surface area contributed by atoms with Gasteiger partial charge in [0.1, 0.15) is 0 Å². The first-order valence-corrected chi connectivity index (χ1v) is 6.37. The summed E-state index contributed by atoms with van der Waals surface area (Å²) in [6.07, 6.45) is 2.87. The van der Waals surface area contributed by atoms with E-state index in [0.717, 1.165) is 6.42 Å². The van der Waals surface area contributed by atoms with Gasteiger partial charge in [0.25, 0.3) is 0 Å². The zero-order chi connectivity index (χ0) is 12.7. The van der Waals surface area contributed by atoms with Gasteiger partial charge in [0, 0.05) is 11.4 Å². The Balaban J connectivity index is 2.48. The molecule has 0 heterocycles. The fourth-order valence-corrected chi connectivity index (χ4v) is 1.67. The molecule has 0 aliphatic rings. The summed E-state index contributed by atoms with van der Waals surface area (Å²) in [5.74, 6) is 0.0429. The zero-order valence-corrected chi connectivity index (χ0v) is 10.6. The summed E-state index contributed by atoms with van der Waals surface area (Å²) in [7, 11) is 0. The number of nitrogens with two attached hydrogens (primary N) is 3. The lowest BCUT2D eigenvalue weighted by Gasteiger charge is -2.00.